The summed E-state index contributed by atoms with van der Waals surface area (Å²) in [5.41, 5.74) is 2.35. The van der Waals surface area contributed by atoms with Crippen LogP contribution in [0.15, 0.2) is 35.6 Å². The number of amides is 1. The van der Waals surface area contributed by atoms with E-state index in [1.807, 2.05) is 16.7 Å². The molecule has 0 aliphatic heterocycles. The third-order valence-electron chi connectivity index (χ3n) is 4.23. The van der Waals surface area contributed by atoms with Crippen LogP contribution in [0.25, 0.3) is 0 Å². The van der Waals surface area contributed by atoms with Crippen LogP contribution in [0.5, 0.6) is 0 Å². The lowest BCUT2D eigenvalue weighted by atomic mass is 10.1. The summed E-state index contributed by atoms with van der Waals surface area (Å²) in [5, 5.41) is 14.4. The van der Waals surface area contributed by atoms with Gasteiger partial charge in [-0.2, -0.15) is 0 Å². The van der Waals surface area contributed by atoms with Crippen LogP contribution >= 0.6 is 24.0 Å². The molecule has 0 aliphatic carbocycles. The van der Waals surface area contributed by atoms with E-state index >= 15 is 0 Å². The van der Waals surface area contributed by atoms with Gasteiger partial charge in [-0.3, -0.25) is 4.79 Å². The van der Waals surface area contributed by atoms with E-state index in [9.17, 15) is 4.79 Å². The maximum Gasteiger partial charge on any atom is 0.241 e. The first-order chi connectivity index (χ1) is 13.0. The smallest absolute Gasteiger partial charge is 0.241 e. The van der Waals surface area contributed by atoms with E-state index in [1.165, 1.54) is 5.56 Å². The van der Waals surface area contributed by atoms with Gasteiger partial charge in [-0.05, 0) is 18.1 Å². The van der Waals surface area contributed by atoms with Gasteiger partial charge in [-0.15, -0.1) is 34.2 Å². The van der Waals surface area contributed by atoms with E-state index in [4.69, 9.17) is 0 Å². The Morgan fingerprint density at radius 2 is 2.00 bits per heavy atom. The third kappa shape index (κ3) is 7.45. The highest BCUT2D eigenvalue weighted by Gasteiger charge is 2.07. The lowest BCUT2D eigenvalue weighted by molar-refractivity contribution is -0.127. The van der Waals surface area contributed by atoms with E-state index in [1.54, 1.807) is 25.3 Å². The summed E-state index contributed by atoms with van der Waals surface area (Å²) < 4.78 is 2.01. The Hall–Kier alpha value is -2.17. The molecule has 2 rings (SSSR count). The van der Waals surface area contributed by atoms with Crippen LogP contribution in [0, 0.1) is 6.92 Å². The molecule has 1 aromatic heterocycles. The largest absolute Gasteiger partial charge is 0.355 e. The summed E-state index contributed by atoms with van der Waals surface area (Å²) >= 11 is 0. The molecule has 0 atom stereocenters. The number of aryl methyl sites for hydroxylation is 2. The number of benzene rings is 1. The van der Waals surface area contributed by atoms with Gasteiger partial charge in [0.1, 0.15) is 12.2 Å². The Balaban J connectivity index is 0.00000392. The lowest BCUT2D eigenvalue weighted by Gasteiger charge is -2.15. The maximum atomic E-state index is 11.9. The molecule has 2 aromatic rings. The van der Waals surface area contributed by atoms with E-state index in [0.717, 1.165) is 24.4 Å². The number of carbonyl (C=O) groups is 1. The normalized spacial score (nSPS) is 10.9. The predicted molar refractivity (Wildman–Crippen MR) is 122 cm³/mol. The number of halogens is 1. The number of guanidine groups is 1. The minimum Gasteiger partial charge on any atom is -0.355 e. The molecular formula is C19H30IN7O. The molecule has 0 bridgehead atoms. The average molecular weight is 499 g/mol. The van der Waals surface area contributed by atoms with Crippen molar-refractivity contribution in [2.24, 2.45) is 4.99 Å². The fourth-order valence-electron chi connectivity index (χ4n) is 2.48. The van der Waals surface area contributed by atoms with Gasteiger partial charge in [0.2, 0.25) is 5.91 Å². The summed E-state index contributed by atoms with van der Waals surface area (Å²) in [6.07, 6.45) is 2.57. The summed E-state index contributed by atoms with van der Waals surface area (Å²) in [6.45, 7) is 6.24. The van der Waals surface area contributed by atoms with Crippen molar-refractivity contribution in [3.8, 4) is 0 Å². The number of aliphatic imine (C=N–C) groups is 1. The number of nitrogens with zero attached hydrogens (tertiary/aromatic N) is 5. The molecule has 1 heterocycles. The molecule has 0 aliphatic rings. The first-order valence-electron chi connectivity index (χ1n) is 9.14. The van der Waals surface area contributed by atoms with Gasteiger partial charge in [0.05, 0.1) is 13.1 Å². The fraction of sp³-hybridized carbons (Fsp3) is 0.474. The van der Waals surface area contributed by atoms with Gasteiger partial charge in [-0.1, -0.05) is 31.2 Å². The molecule has 8 nitrogen and oxygen atoms in total. The highest BCUT2D eigenvalue weighted by Crippen LogP contribution is 2.07. The van der Waals surface area contributed by atoms with Crippen molar-refractivity contribution >= 4 is 35.8 Å². The predicted octanol–water partition coefficient (Wildman–Crippen LogP) is 1.59. The number of rotatable bonds is 8. The van der Waals surface area contributed by atoms with Crippen LogP contribution in [-0.4, -0.2) is 58.7 Å². The number of carbonyl (C=O) groups excluding carboxylic acids is 1. The first-order valence-corrected chi connectivity index (χ1v) is 9.14. The van der Waals surface area contributed by atoms with Gasteiger partial charge in [0, 0.05) is 33.6 Å². The first kappa shape index (κ1) is 23.9. The van der Waals surface area contributed by atoms with E-state index in [-0.39, 0.29) is 36.4 Å². The van der Waals surface area contributed by atoms with Crippen LogP contribution in [0.4, 0.5) is 0 Å². The Morgan fingerprint density at radius 3 is 2.68 bits per heavy atom. The number of hydrogen-bond acceptors (Lipinski definition) is 4. The van der Waals surface area contributed by atoms with Crippen LogP contribution in [0.3, 0.4) is 0 Å². The molecule has 0 spiro atoms. The van der Waals surface area contributed by atoms with Gasteiger partial charge in [0.25, 0.3) is 0 Å². The highest BCUT2D eigenvalue weighted by molar-refractivity contribution is 14.0. The van der Waals surface area contributed by atoms with Gasteiger partial charge < -0.3 is 20.1 Å². The van der Waals surface area contributed by atoms with Gasteiger partial charge >= 0.3 is 0 Å². The van der Waals surface area contributed by atoms with Crippen molar-refractivity contribution < 1.29 is 4.79 Å². The number of aromatic nitrogens is 3. The second-order valence-electron chi connectivity index (χ2n) is 6.45. The Kier molecular flexibility index (Phi) is 10.5. The van der Waals surface area contributed by atoms with Crippen LogP contribution in [0.2, 0.25) is 0 Å². The second-order valence-corrected chi connectivity index (χ2v) is 6.45. The minimum atomic E-state index is -0.00697. The van der Waals surface area contributed by atoms with Crippen molar-refractivity contribution in [2.45, 2.75) is 33.4 Å². The molecule has 0 fully saturated rings. The lowest BCUT2D eigenvalue weighted by Crippen LogP contribution is -2.43. The molecule has 1 amide bonds. The van der Waals surface area contributed by atoms with Gasteiger partial charge in [-0.25, -0.2) is 4.99 Å². The van der Waals surface area contributed by atoms with Gasteiger partial charge in [0.15, 0.2) is 5.96 Å². The molecule has 0 saturated heterocycles. The van der Waals surface area contributed by atoms with Crippen LogP contribution in [0.1, 0.15) is 23.9 Å². The molecule has 154 valence electrons. The second kappa shape index (κ2) is 12.3. The molecule has 0 unspecified atom stereocenters. The topological polar surface area (TPSA) is 87.4 Å². The van der Waals surface area contributed by atoms with Crippen molar-refractivity contribution in [3.05, 3.63) is 47.5 Å². The zero-order chi connectivity index (χ0) is 19.6. The van der Waals surface area contributed by atoms with Crippen molar-refractivity contribution in [2.75, 3.05) is 27.2 Å². The fourth-order valence-corrected chi connectivity index (χ4v) is 2.48. The monoisotopic (exact) mass is 499 g/mol. The zero-order valence-corrected chi connectivity index (χ0v) is 19.3. The highest BCUT2D eigenvalue weighted by atomic mass is 127. The van der Waals surface area contributed by atoms with Crippen molar-refractivity contribution in [1.29, 1.82) is 0 Å². The molecule has 9 heteroatoms. The summed E-state index contributed by atoms with van der Waals surface area (Å²) in [5.74, 6) is 1.55. The minimum absolute atomic E-state index is 0. The van der Waals surface area contributed by atoms with Crippen LogP contribution < -0.4 is 10.6 Å². The zero-order valence-electron chi connectivity index (χ0n) is 17.0. The summed E-state index contributed by atoms with van der Waals surface area (Å²) in [4.78, 5) is 18.1. The van der Waals surface area contributed by atoms with E-state index in [2.05, 4.69) is 51.8 Å². The molecule has 0 saturated carbocycles. The number of nitrogens with one attached hydrogen (secondary N) is 2. The van der Waals surface area contributed by atoms with Crippen molar-refractivity contribution in [3.63, 3.8) is 0 Å². The quantitative estimate of drug-likeness (QED) is 0.327. The van der Waals surface area contributed by atoms with Crippen LogP contribution in [-0.2, 0) is 24.3 Å². The number of hydrogen-bond donors (Lipinski definition) is 2. The summed E-state index contributed by atoms with van der Waals surface area (Å²) in [7, 11) is 3.47. The molecule has 2 N–H and O–H groups in total. The Labute approximate surface area is 183 Å². The maximum absolute atomic E-state index is 11.9. The Bertz CT molecular complexity index is 773. The third-order valence-corrected chi connectivity index (χ3v) is 4.23. The number of likely N-dealkylation sites (N-methyl/N-ethyl adjacent to an activating group) is 1. The molecule has 0 radical (unpaired) electrons. The SMILES string of the molecule is CCc1nncn1CCNC(=NCc1ccccc1C)NCC(=O)N(C)C.I. The summed E-state index contributed by atoms with van der Waals surface area (Å²) in [6, 6.07) is 8.15. The molecule has 1 aromatic carbocycles. The standard InChI is InChI=1S/C19H29N7O.HI/c1-5-17-24-23-14-26(17)11-10-20-19(22-13-18(27)25(3)4)21-12-16-9-7-6-8-15(16)2;/h6-9,14H,5,10-13H2,1-4H3,(H2,20,21,22);1H. The molecular weight excluding hydrogens is 469 g/mol. The molecule has 28 heavy (non-hydrogen) atoms. The van der Waals surface area contributed by atoms with E-state index < -0.39 is 0 Å². The van der Waals surface area contributed by atoms with Crippen molar-refractivity contribution in [1.82, 2.24) is 30.3 Å². The average Bonchev–Trinajstić information content (AvgIpc) is 3.11. The Morgan fingerprint density at radius 1 is 1.25 bits per heavy atom. The van der Waals surface area contributed by atoms with E-state index in [0.29, 0.717) is 19.0 Å².